The van der Waals surface area contributed by atoms with Crippen LogP contribution in [0, 0.1) is 5.82 Å². The summed E-state index contributed by atoms with van der Waals surface area (Å²) in [4.78, 5) is 18.8. The Morgan fingerprint density at radius 1 is 1.35 bits per heavy atom. The molecule has 0 aliphatic carbocycles. The second-order valence-corrected chi connectivity index (χ2v) is 6.13. The molecule has 1 N–H and O–H groups in total. The highest BCUT2D eigenvalue weighted by Crippen LogP contribution is 2.21. The van der Waals surface area contributed by atoms with Gasteiger partial charge in [0.2, 0.25) is 0 Å². The average molecular weight is 336 g/mol. The van der Waals surface area contributed by atoms with Crippen LogP contribution < -0.4 is 5.32 Å². The van der Waals surface area contributed by atoms with E-state index >= 15 is 0 Å². The van der Waals surface area contributed by atoms with Gasteiger partial charge in [0.25, 0.3) is 5.91 Å². The van der Waals surface area contributed by atoms with Crippen LogP contribution in [0.15, 0.2) is 35.6 Å². The third-order valence-electron chi connectivity index (χ3n) is 3.30. The van der Waals surface area contributed by atoms with Crippen molar-refractivity contribution < 1.29 is 9.18 Å². The Balaban J connectivity index is 2.17. The molecule has 1 heterocycles. The molecule has 0 spiro atoms. The summed E-state index contributed by atoms with van der Waals surface area (Å²) in [5, 5.41) is 3.59. The molecule has 23 heavy (non-hydrogen) atoms. The zero-order valence-electron chi connectivity index (χ0n) is 13.5. The third kappa shape index (κ3) is 4.56. The smallest absolute Gasteiger partial charge is 0.269 e. The molecular weight excluding hydrogens is 315 g/mol. The number of halogens is 1. The Morgan fingerprint density at radius 3 is 2.65 bits per heavy atom. The number of imidazole rings is 1. The number of benzene rings is 1. The first-order valence-electron chi connectivity index (χ1n) is 7.33. The second-order valence-electron chi connectivity index (χ2n) is 5.35. The zero-order chi connectivity index (χ0) is 16.8. The normalized spacial score (nSPS) is 11.0. The number of hydrogen-bond acceptors (Lipinski definition) is 4. The maximum Gasteiger partial charge on any atom is 0.269 e. The van der Waals surface area contributed by atoms with Crippen molar-refractivity contribution in [3.63, 3.8) is 0 Å². The Hall–Kier alpha value is -1.86. The van der Waals surface area contributed by atoms with Gasteiger partial charge in [0.05, 0.1) is 6.20 Å². The number of nitrogens with one attached hydrogen (secondary N) is 1. The van der Waals surface area contributed by atoms with Crippen molar-refractivity contribution in [1.29, 1.82) is 0 Å². The predicted octanol–water partition coefficient (Wildman–Crippen LogP) is 2.41. The molecule has 1 amide bonds. The summed E-state index contributed by atoms with van der Waals surface area (Å²) < 4.78 is 14.9. The van der Waals surface area contributed by atoms with Crippen LogP contribution in [0.25, 0.3) is 5.69 Å². The Labute approximate surface area is 139 Å². The molecule has 1 aromatic heterocycles. The standard InChI is InChI=1S/C16H21FN4OS/c1-20(2)10-4-9-18-15(22)14-11-19-16(23-3)21(14)13-7-5-12(17)6-8-13/h5-8,11H,4,9-10H2,1-3H3,(H,18,22). The molecule has 0 bridgehead atoms. The molecule has 0 aliphatic rings. The monoisotopic (exact) mass is 336 g/mol. The van der Waals surface area contributed by atoms with Crippen molar-refractivity contribution in [2.75, 3.05) is 33.4 Å². The first-order chi connectivity index (χ1) is 11.0. The van der Waals surface area contributed by atoms with Crippen LogP contribution in [-0.4, -0.2) is 53.8 Å². The van der Waals surface area contributed by atoms with Crippen molar-refractivity contribution in [3.05, 3.63) is 42.0 Å². The molecule has 124 valence electrons. The Kier molecular flexibility index (Phi) is 6.18. The van der Waals surface area contributed by atoms with E-state index < -0.39 is 0 Å². The molecule has 0 unspecified atom stereocenters. The number of hydrogen-bond donors (Lipinski definition) is 1. The van der Waals surface area contributed by atoms with Crippen molar-refractivity contribution >= 4 is 17.7 Å². The molecule has 0 atom stereocenters. The molecule has 1 aromatic carbocycles. The summed E-state index contributed by atoms with van der Waals surface area (Å²) in [6.45, 7) is 1.51. The SMILES string of the molecule is CSc1ncc(C(=O)NCCCN(C)C)n1-c1ccc(F)cc1. The number of thioether (sulfide) groups is 1. The minimum absolute atomic E-state index is 0.180. The lowest BCUT2D eigenvalue weighted by Crippen LogP contribution is -2.28. The van der Waals surface area contributed by atoms with Gasteiger partial charge < -0.3 is 10.2 Å². The molecule has 5 nitrogen and oxygen atoms in total. The van der Waals surface area contributed by atoms with E-state index in [2.05, 4.69) is 15.2 Å². The molecule has 0 aliphatic heterocycles. The Bertz CT molecular complexity index is 655. The van der Waals surface area contributed by atoms with E-state index in [4.69, 9.17) is 0 Å². The van der Waals surface area contributed by atoms with Gasteiger partial charge in [-0.1, -0.05) is 11.8 Å². The maximum absolute atomic E-state index is 13.1. The van der Waals surface area contributed by atoms with Crippen LogP contribution in [0.5, 0.6) is 0 Å². The van der Waals surface area contributed by atoms with Gasteiger partial charge in [0.15, 0.2) is 5.16 Å². The van der Waals surface area contributed by atoms with Crippen molar-refractivity contribution in [3.8, 4) is 5.69 Å². The molecular formula is C16H21FN4OS. The van der Waals surface area contributed by atoms with Crippen molar-refractivity contribution in [2.24, 2.45) is 0 Å². The lowest BCUT2D eigenvalue weighted by atomic mass is 10.3. The number of aromatic nitrogens is 2. The number of carbonyl (C=O) groups excluding carboxylic acids is 1. The topological polar surface area (TPSA) is 50.2 Å². The van der Waals surface area contributed by atoms with Crippen molar-refractivity contribution in [2.45, 2.75) is 11.6 Å². The quantitative estimate of drug-likeness (QED) is 0.623. The third-order valence-corrected chi connectivity index (χ3v) is 3.95. The summed E-state index contributed by atoms with van der Waals surface area (Å²) >= 11 is 1.44. The second kappa shape index (κ2) is 8.12. The van der Waals surface area contributed by atoms with E-state index in [0.717, 1.165) is 13.0 Å². The summed E-state index contributed by atoms with van der Waals surface area (Å²) in [5.74, 6) is -0.491. The first kappa shape index (κ1) is 17.5. The highest BCUT2D eigenvalue weighted by molar-refractivity contribution is 7.98. The fraction of sp³-hybridized carbons (Fsp3) is 0.375. The van der Waals surface area contributed by atoms with Gasteiger partial charge in [-0.15, -0.1) is 0 Å². The van der Waals surface area contributed by atoms with Crippen molar-refractivity contribution in [1.82, 2.24) is 19.8 Å². The van der Waals surface area contributed by atoms with Crippen LogP contribution in [0.3, 0.4) is 0 Å². The molecule has 0 saturated carbocycles. The van der Waals surface area contributed by atoms with Crippen LogP contribution in [-0.2, 0) is 0 Å². The lowest BCUT2D eigenvalue weighted by Gasteiger charge is -2.12. The van der Waals surface area contributed by atoms with Crippen LogP contribution in [0.2, 0.25) is 0 Å². The fourth-order valence-electron chi connectivity index (χ4n) is 2.17. The zero-order valence-corrected chi connectivity index (χ0v) is 14.4. The molecule has 2 rings (SSSR count). The summed E-state index contributed by atoms with van der Waals surface area (Å²) in [6, 6.07) is 6.02. The average Bonchev–Trinajstić information content (AvgIpc) is 2.96. The van der Waals surface area contributed by atoms with Gasteiger partial charge in [-0.25, -0.2) is 9.37 Å². The summed E-state index contributed by atoms with van der Waals surface area (Å²) in [5.41, 5.74) is 1.16. The largest absolute Gasteiger partial charge is 0.351 e. The highest BCUT2D eigenvalue weighted by Gasteiger charge is 2.17. The molecule has 0 fully saturated rings. The Morgan fingerprint density at radius 2 is 2.04 bits per heavy atom. The van der Waals surface area contributed by atoms with Gasteiger partial charge in [-0.05, 0) is 57.6 Å². The van der Waals surface area contributed by atoms with E-state index in [-0.39, 0.29) is 11.7 Å². The minimum atomic E-state index is -0.311. The molecule has 2 aromatic rings. The molecule has 0 saturated heterocycles. The van der Waals surface area contributed by atoms with Gasteiger partial charge in [-0.2, -0.15) is 0 Å². The van der Waals surface area contributed by atoms with Gasteiger partial charge in [0, 0.05) is 12.2 Å². The lowest BCUT2D eigenvalue weighted by molar-refractivity contribution is 0.0945. The van der Waals surface area contributed by atoms with E-state index in [1.165, 1.54) is 23.9 Å². The predicted molar refractivity (Wildman–Crippen MR) is 90.8 cm³/mol. The number of nitrogens with zero attached hydrogens (tertiary/aromatic N) is 3. The van der Waals surface area contributed by atoms with Crippen LogP contribution in [0.4, 0.5) is 4.39 Å². The first-order valence-corrected chi connectivity index (χ1v) is 8.56. The van der Waals surface area contributed by atoms with E-state index in [1.807, 2.05) is 20.4 Å². The van der Waals surface area contributed by atoms with Crippen LogP contribution >= 0.6 is 11.8 Å². The highest BCUT2D eigenvalue weighted by atomic mass is 32.2. The maximum atomic E-state index is 13.1. The van der Waals surface area contributed by atoms with Gasteiger partial charge in [-0.3, -0.25) is 9.36 Å². The number of rotatable bonds is 7. The van der Waals surface area contributed by atoms with E-state index in [1.54, 1.807) is 22.9 Å². The minimum Gasteiger partial charge on any atom is -0.351 e. The van der Waals surface area contributed by atoms with E-state index in [9.17, 15) is 9.18 Å². The molecule has 7 heteroatoms. The molecule has 0 radical (unpaired) electrons. The fourth-order valence-corrected chi connectivity index (χ4v) is 2.71. The van der Waals surface area contributed by atoms with Gasteiger partial charge in [0.1, 0.15) is 11.5 Å². The van der Waals surface area contributed by atoms with Gasteiger partial charge >= 0.3 is 0 Å². The van der Waals surface area contributed by atoms with E-state index in [0.29, 0.717) is 23.1 Å². The number of amides is 1. The summed E-state index contributed by atoms with van der Waals surface area (Å²) in [7, 11) is 3.99. The summed E-state index contributed by atoms with van der Waals surface area (Å²) in [6.07, 6.45) is 4.32. The number of carbonyl (C=O) groups is 1. The van der Waals surface area contributed by atoms with Crippen LogP contribution in [0.1, 0.15) is 16.9 Å².